The van der Waals surface area contributed by atoms with E-state index in [1.807, 2.05) is 0 Å². The highest BCUT2D eigenvalue weighted by Crippen LogP contribution is 2.40. The summed E-state index contributed by atoms with van der Waals surface area (Å²) in [4.78, 5) is 0. The normalized spacial score (nSPS) is 12.2. The van der Waals surface area contributed by atoms with E-state index in [0.29, 0.717) is 0 Å². The fourth-order valence-electron chi connectivity index (χ4n) is 18.6. The fourth-order valence-corrected chi connectivity index (χ4v) is 22.6. The van der Waals surface area contributed by atoms with Gasteiger partial charge in [-0.05, 0) is 168 Å². The van der Waals surface area contributed by atoms with Crippen molar-refractivity contribution in [3.63, 3.8) is 0 Å². The molecule has 0 amide bonds. The van der Waals surface area contributed by atoms with Crippen molar-refractivity contribution in [2.24, 2.45) is 0 Å². The first-order chi connectivity index (χ1) is 61.7. The molecule has 0 saturated heterocycles. The van der Waals surface area contributed by atoms with E-state index in [0.717, 1.165) is 101 Å². The van der Waals surface area contributed by atoms with Crippen molar-refractivity contribution in [2.75, 3.05) is 72.5 Å². The molecule has 4 aromatic carbocycles. The lowest BCUT2D eigenvalue weighted by Gasteiger charge is -2.23. The summed E-state index contributed by atoms with van der Waals surface area (Å²) in [5.41, 5.74) is 10.1. The van der Waals surface area contributed by atoms with Crippen LogP contribution in [0.5, 0.6) is 23.0 Å². The molecule has 0 aromatic heterocycles. The Bertz CT molecular complexity index is 2480. The molecule has 0 saturated carbocycles. The Labute approximate surface area is 788 Å². The molecule has 4 aromatic rings. The number of fused-ring (bicyclic) bond motifs is 8. The first-order valence-corrected chi connectivity index (χ1v) is 59.5. The first kappa shape index (κ1) is 112. The van der Waals surface area contributed by atoms with E-state index < -0.39 is 0 Å². The Morgan fingerprint density at radius 2 is 0.266 bits per heavy atom. The van der Waals surface area contributed by atoms with Gasteiger partial charge >= 0.3 is 0 Å². The Morgan fingerprint density at radius 1 is 0.153 bits per heavy atom. The maximum absolute atomic E-state index is 7.27. The number of ether oxygens (including phenoxy) is 4. The lowest BCUT2D eigenvalue weighted by Crippen LogP contribution is -2.10. The van der Waals surface area contributed by atoms with Crippen molar-refractivity contribution in [1.29, 1.82) is 0 Å². The topological polar surface area (TPSA) is 36.9 Å². The molecule has 0 unspecified atom stereocenters. The predicted molar refractivity (Wildman–Crippen MR) is 563 cm³/mol. The van der Waals surface area contributed by atoms with Gasteiger partial charge in [0.1, 0.15) is 23.0 Å². The summed E-state index contributed by atoms with van der Waals surface area (Å²) in [6, 6.07) is 28.1. The lowest BCUT2D eigenvalue weighted by atomic mass is 9.91. The van der Waals surface area contributed by atoms with E-state index in [9.17, 15) is 0 Å². The standard InChI is InChI=1S/C116H200O4S4/c1-5-9-13-17-21-33-45-57-69-93-121-97-73-61-49-37-25-29-41-53-65-89-117-113-105-81-77-82-106(113)102-108-84-79-86-110(115(108)119-91-67-55-43-31-27-39-51-63-75-99-123-95-71-59-47-35-23-19-15-11-7-3)104-112-88-80-87-111(116(112)120-92-68-56-44-32-28-40-52-64-76-100-124-96-72-60-48-36-24-20-16-12-8-4)103-109-85-78-83-107(101-105)114(109)118-90-66-54-42-30-26-38-50-62-74-98-122-94-70-58-46-34-22-18-14-10-6-2/h77-88H,5-76,89-104H2,1-4H3. The van der Waals surface area contributed by atoms with E-state index in [1.165, 1.54) is 527 Å². The summed E-state index contributed by atoms with van der Waals surface area (Å²) in [5.74, 6) is 15.2. The summed E-state index contributed by atoms with van der Waals surface area (Å²) in [5, 5.41) is 0. The van der Waals surface area contributed by atoms with E-state index in [2.05, 4.69) is 148 Å². The quantitative estimate of drug-likeness (QED) is 0.0357. The van der Waals surface area contributed by atoms with Crippen molar-refractivity contribution < 1.29 is 18.9 Å². The molecular weight excluding hydrogens is 1590 g/mol. The zero-order valence-corrected chi connectivity index (χ0v) is 85.7. The minimum atomic E-state index is 0.737. The zero-order chi connectivity index (χ0) is 87.3. The first-order valence-electron chi connectivity index (χ1n) is 54.9. The van der Waals surface area contributed by atoms with E-state index >= 15 is 0 Å². The lowest BCUT2D eigenvalue weighted by molar-refractivity contribution is 0.292. The number of unbranched alkanes of at least 4 members (excludes halogenated alkanes) is 64. The molecule has 1 aliphatic rings. The van der Waals surface area contributed by atoms with Crippen LogP contribution in [0.15, 0.2) is 72.8 Å². The third-order valence-corrected chi connectivity index (χ3v) is 31.1. The third-order valence-electron chi connectivity index (χ3n) is 26.5. The number of hydrogen-bond donors (Lipinski definition) is 0. The van der Waals surface area contributed by atoms with Crippen LogP contribution in [0.1, 0.15) is 535 Å². The van der Waals surface area contributed by atoms with E-state index in [1.54, 1.807) is 0 Å². The molecular formula is C116H200O4S4. The number of benzene rings is 4. The SMILES string of the molecule is CCCCCCCCCCCSCCCCCCCCCCCOc1c2cccc1Cc1cccc(c1OCCCCCCCCCCCSCCCCCCCCCCC)Cc1cccc(c1OCCCCCCCCCCCSCCCCCCCCCCC)Cc1cccc(c1OCCCCCCCCCCCSCCCCCCCCCCC)C2. The monoisotopic (exact) mass is 1790 g/mol. The van der Waals surface area contributed by atoms with Gasteiger partial charge in [0.05, 0.1) is 26.4 Å². The summed E-state index contributed by atoms with van der Waals surface area (Å²) < 4.78 is 29.1. The minimum absolute atomic E-state index is 0.737. The van der Waals surface area contributed by atoms with Gasteiger partial charge in [0.15, 0.2) is 0 Å². The van der Waals surface area contributed by atoms with Gasteiger partial charge in [0.2, 0.25) is 0 Å². The Kier molecular flexibility index (Phi) is 77.6. The van der Waals surface area contributed by atoms with Crippen LogP contribution in [0.25, 0.3) is 0 Å². The average molecular weight is 1790 g/mol. The molecule has 0 fully saturated rings. The van der Waals surface area contributed by atoms with E-state index in [-0.39, 0.29) is 0 Å². The molecule has 1 aliphatic carbocycles. The number of rotatable bonds is 92. The summed E-state index contributed by atoms with van der Waals surface area (Å²) in [7, 11) is 0. The molecule has 5 rings (SSSR count). The van der Waals surface area contributed by atoms with Crippen molar-refractivity contribution in [3.8, 4) is 23.0 Å². The second-order valence-electron chi connectivity index (χ2n) is 38.2. The van der Waals surface area contributed by atoms with Crippen LogP contribution in [0.4, 0.5) is 0 Å². The molecule has 0 N–H and O–H groups in total. The van der Waals surface area contributed by atoms with E-state index in [4.69, 9.17) is 18.9 Å². The van der Waals surface area contributed by atoms with Crippen LogP contribution in [-0.4, -0.2) is 72.5 Å². The van der Waals surface area contributed by atoms with Gasteiger partial charge in [-0.1, -0.05) is 486 Å². The Morgan fingerprint density at radius 3 is 0.395 bits per heavy atom. The van der Waals surface area contributed by atoms with Crippen LogP contribution in [0.3, 0.4) is 0 Å². The second kappa shape index (κ2) is 85.9. The summed E-state index contributed by atoms with van der Waals surface area (Å²) in [6.07, 6.45) is 102. The largest absolute Gasteiger partial charge is 0.493 e. The molecule has 124 heavy (non-hydrogen) atoms. The highest BCUT2D eigenvalue weighted by molar-refractivity contribution is 7.99. The maximum Gasteiger partial charge on any atom is 0.126 e. The van der Waals surface area contributed by atoms with Crippen LogP contribution in [0.2, 0.25) is 0 Å². The number of thioether (sulfide) groups is 4. The van der Waals surface area contributed by atoms with Gasteiger partial charge in [0.25, 0.3) is 0 Å². The summed E-state index contributed by atoms with van der Waals surface area (Å²) >= 11 is 8.85. The van der Waals surface area contributed by atoms with Gasteiger partial charge in [-0.25, -0.2) is 0 Å². The van der Waals surface area contributed by atoms with Gasteiger partial charge in [-0.2, -0.15) is 47.0 Å². The van der Waals surface area contributed by atoms with Crippen LogP contribution in [-0.2, 0) is 25.7 Å². The van der Waals surface area contributed by atoms with Crippen molar-refractivity contribution in [1.82, 2.24) is 0 Å². The molecule has 0 aliphatic heterocycles. The van der Waals surface area contributed by atoms with Crippen LogP contribution in [0, 0.1) is 0 Å². The number of para-hydroxylation sites is 4. The number of hydrogen-bond acceptors (Lipinski definition) is 8. The van der Waals surface area contributed by atoms with Gasteiger partial charge in [0, 0.05) is 25.7 Å². The molecule has 0 heterocycles. The molecule has 8 bridgehead atoms. The highest BCUT2D eigenvalue weighted by atomic mass is 32.2. The summed E-state index contributed by atoms with van der Waals surface area (Å²) in [6.45, 7) is 12.2. The van der Waals surface area contributed by atoms with Crippen LogP contribution < -0.4 is 18.9 Å². The Hall–Kier alpha value is -2.52. The van der Waals surface area contributed by atoms with Gasteiger partial charge < -0.3 is 18.9 Å². The molecule has 8 heteroatoms. The predicted octanol–water partition coefficient (Wildman–Crippen LogP) is 39.0. The third kappa shape index (κ3) is 61.2. The fraction of sp³-hybridized carbons (Fsp3) is 0.793. The average Bonchev–Trinajstić information content (AvgIpc) is 0.787. The smallest absolute Gasteiger partial charge is 0.126 e. The minimum Gasteiger partial charge on any atom is -0.493 e. The maximum atomic E-state index is 7.27. The van der Waals surface area contributed by atoms with Crippen molar-refractivity contribution >= 4 is 47.0 Å². The zero-order valence-electron chi connectivity index (χ0n) is 82.4. The molecule has 4 nitrogen and oxygen atoms in total. The highest BCUT2D eigenvalue weighted by Gasteiger charge is 2.23. The molecule has 0 atom stereocenters. The second-order valence-corrected chi connectivity index (χ2v) is 43.1. The van der Waals surface area contributed by atoms with Crippen LogP contribution >= 0.6 is 47.0 Å². The van der Waals surface area contributed by atoms with Gasteiger partial charge in [-0.15, -0.1) is 0 Å². The molecule has 0 radical (unpaired) electrons. The molecule has 712 valence electrons. The Balaban J connectivity index is 1.22. The van der Waals surface area contributed by atoms with Gasteiger partial charge in [-0.3, -0.25) is 0 Å². The van der Waals surface area contributed by atoms with Crippen molar-refractivity contribution in [2.45, 2.75) is 516 Å². The molecule has 0 spiro atoms. The van der Waals surface area contributed by atoms with Crippen molar-refractivity contribution in [3.05, 3.63) is 117 Å².